The van der Waals surface area contributed by atoms with Crippen molar-refractivity contribution in [1.82, 2.24) is 14.5 Å². The van der Waals surface area contributed by atoms with Gasteiger partial charge < -0.3 is 30.4 Å². The van der Waals surface area contributed by atoms with E-state index in [1.807, 2.05) is 12.1 Å². The zero-order valence-electron chi connectivity index (χ0n) is 15.1. The van der Waals surface area contributed by atoms with Crippen LogP contribution >= 0.6 is 12.4 Å². The van der Waals surface area contributed by atoms with Crippen LogP contribution in [0.15, 0.2) is 30.7 Å². The summed E-state index contributed by atoms with van der Waals surface area (Å²) in [7, 11) is 0. The minimum Gasteiger partial charge on any atom is -0.387 e. The number of ether oxygens (including phenoxy) is 1. The molecule has 1 aromatic carbocycles. The lowest BCUT2D eigenvalue weighted by Crippen LogP contribution is -2.35. The molecule has 154 valence electrons. The first-order chi connectivity index (χ1) is 13.5. The van der Waals surface area contributed by atoms with Gasteiger partial charge in [0, 0.05) is 6.20 Å². The molecule has 8 nitrogen and oxygen atoms in total. The van der Waals surface area contributed by atoms with E-state index in [1.165, 1.54) is 16.5 Å². The minimum atomic E-state index is -1.39. The number of aromatic nitrogens is 3. The van der Waals surface area contributed by atoms with Crippen molar-refractivity contribution in [1.29, 1.82) is 0 Å². The number of nitrogens with zero attached hydrogens (tertiary/aromatic N) is 3. The van der Waals surface area contributed by atoms with Gasteiger partial charge in [-0.25, -0.2) is 14.4 Å². The normalized spacial score (nSPS) is 26.6. The van der Waals surface area contributed by atoms with Gasteiger partial charge in [-0.2, -0.15) is 0 Å². The highest BCUT2D eigenvalue weighted by Crippen LogP contribution is 2.39. The fourth-order valence-electron chi connectivity index (χ4n) is 4.02. The number of anilines is 1. The maximum Gasteiger partial charge on any atom is 0.164 e. The lowest BCUT2D eigenvalue weighted by molar-refractivity contribution is -0.0849. The van der Waals surface area contributed by atoms with Crippen molar-refractivity contribution in [3.63, 3.8) is 0 Å². The summed E-state index contributed by atoms with van der Waals surface area (Å²) < 4.78 is 21.4. The van der Waals surface area contributed by atoms with Gasteiger partial charge in [-0.3, -0.25) is 0 Å². The lowest BCUT2D eigenvalue weighted by atomic mass is 9.85. The second-order valence-corrected chi connectivity index (χ2v) is 7.29. The molecule has 10 heteroatoms. The van der Waals surface area contributed by atoms with E-state index in [-0.39, 0.29) is 29.3 Å². The van der Waals surface area contributed by atoms with E-state index < -0.39 is 36.5 Å². The van der Waals surface area contributed by atoms with Crippen molar-refractivity contribution in [2.45, 2.75) is 43.5 Å². The number of nitrogens with two attached hydrogens (primary N) is 1. The summed E-state index contributed by atoms with van der Waals surface area (Å²) in [4.78, 5) is 7.79. The number of aliphatic hydroxyl groups is 3. The molecule has 5 N–H and O–H groups in total. The largest absolute Gasteiger partial charge is 0.387 e. The maximum absolute atomic E-state index is 14.3. The third kappa shape index (κ3) is 2.97. The number of hydrogen-bond acceptors (Lipinski definition) is 7. The van der Waals surface area contributed by atoms with Crippen LogP contribution in [0.5, 0.6) is 0 Å². The predicted octanol–water partition coefficient (Wildman–Crippen LogP) is 1.03. The topological polar surface area (TPSA) is 127 Å². The molecular formula is C19H20ClFN4O4. The minimum absolute atomic E-state index is 0. The molecule has 0 spiro atoms. The highest BCUT2D eigenvalue weighted by atomic mass is 35.5. The summed E-state index contributed by atoms with van der Waals surface area (Å²) in [6.45, 7) is 0. The van der Waals surface area contributed by atoms with Crippen LogP contribution in [0.4, 0.5) is 10.2 Å². The number of hydrogen-bond donors (Lipinski definition) is 4. The maximum atomic E-state index is 14.3. The molecule has 1 fully saturated rings. The van der Waals surface area contributed by atoms with E-state index in [9.17, 15) is 19.7 Å². The van der Waals surface area contributed by atoms with Crippen LogP contribution in [0.3, 0.4) is 0 Å². The average Bonchev–Trinajstić information content (AvgIpc) is 3.14. The number of benzene rings is 1. The average molecular weight is 423 g/mol. The van der Waals surface area contributed by atoms with Gasteiger partial charge >= 0.3 is 0 Å². The van der Waals surface area contributed by atoms with Gasteiger partial charge in [-0.1, -0.05) is 18.2 Å². The molecule has 1 saturated heterocycles. The molecule has 2 aromatic heterocycles. The third-order valence-corrected chi connectivity index (χ3v) is 5.69. The van der Waals surface area contributed by atoms with Gasteiger partial charge in [0.1, 0.15) is 36.6 Å². The molecule has 5 rings (SSSR count). The molecule has 5 atom stereocenters. The van der Waals surface area contributed by atoms with Crippen LogP contribution in [-0.4, -0.2) is 48.2 Å². The Morgan fingerprint density at radius 2 is 1.93 bits per heavy atom. The Labute approximate surface area is 171 Å². The Morgan fingerprint density at radius 1 is 1.17 bits per heavy atom. The van der Waals surface area contributed by atoms with Crippen LogP contribution in [0.25, 0.3) is 11.0 Å². The van der Waals surface area contributed by atoms with Gasteiger partial charge in [0.05, 0.1) is 5.39 Å². The van der Waals surface area contributed by atoms with E-state index in [2.05, 4.69) is 9.97 Å². The summed E-state index contributed by atoms with van der Waals surface area (Å²) in [5.41, 5.74) is 8.86. The molecular weight excluding hydrogens is 403 g/mol. The fourth-order valence-corrected chi connectivity index (χ4v) is 4.02. The number of halogens is 2. The van der Waals surface area contributed by atoms with E-state index in [4.69, 9.17) is 10.5 Å². The number of aliphatic hydroxyl groups excluding tert-OH is 3. The van der Waals surface area contributed by atoms with E-state index in [0.717, 1.165) is 24.6 Å². The SMILES string of the molecule is Cl.Nc1ncnc2c1c(F)cn2[C@H]1O[C@H](C(O)c2ccc3c(c2)CC3)[C@H](O)[C@@H]1O. The van der Waals surface area contributed by atoms with Crippen molar-refractivity contribution in [3.05, 3.63) is 53.2 Å². The van der Waals surface area contributed by atoms with Crippen molar-refractivity contribution in [3.8, 4) is 0 Å². The first-order valence-corrected chi connectivity index (χ1v) is 9.03. The third-order valence-electron chi connectivity index (χ3n) is 5.69. The molecule has 0 radical (unpaired) electrons. The number of rotatable bonds is 3. The highest BCUT2D eigenvalue weighted by Gasteiger charge is 2.48. The van der Waals surface area contributed by atoms with Crippen LogP contribution in [0.2, 0.25) is 0 Å². The summed E-state index contributed by atoms with van der Waals surface area (Å²) >= 11 is 0. The second kappa shape index (κ2) is 7.19. The first-order valence-electron chi connectivity index (χ1n) is 9.03. The molecule has 29 heavy (non-hydrogen) atoms. The van der Waals surface area contributed by atoms with Crippen LogP contribution in [-0.2, 0) is 17.6 Å². The molecule has 0 saturated carbocycles. The van der Waals surface area contributed by atoms with Crippen molar-refractivity contribution in [2.75, 3.05) is 5.73 Å². The Bertz CT molecular complexity index is 1080. The van der Waals surface area contributed by atoms with Gasteiger partial charge in [-0.15, -0.1) is 12.4 Å². The monoisotopic (exact) mass is 422 g/mol. The molecule has 3 heterocycles. The Balaban J connectivity index is 0.00000205. The highest BCUT2D eigenvalue weighted by molar-refractivity contribution is 5.86. The molecule has 1 unspecified atom stereocenters. The summed E-state index contributed by atoms with van der Waals surface area (Å²) in [6.07, 6.45) is -1.89. The van der Waals surface area contributed by atoms with Gasteiger partial charge in [0.15, 0.2) is 17.7 Å². The van der Waals surface area contributed by atoms with Crippen LogP contribution in [0, 0.1) is 5.82 Å². The fraction of sp³-hybridized carbons (Fsp3) is 0.368. The van der Waals surface area contributed by atoms with E-state index >= 15 is 0 Å². The molecule has 1 aliphatic carbocycles. The predicted molar refractivity (Wildman–Crippen MR) is 104 cm³/mol. The van der Waals surface area contributed by atoms with E-state index in [1.54, 1.807) is 6.07 Å². The lowest BCUT2D eigenvalue weighted by Gasteiger charge is -2.25. The summed E-state index contributed by atoms with van der Waals surface area (Å²) in [5, 5.41) is 31.8. The zero-order valence-corrected chi connectivity index (χ0v) is 16.0. The number of aryl methyl sites for hydroxylation is 2. The molecule has 0 bridgehead atoms. The van der Waals surface area contributed by atoms with Crippen LogP contribution in [0.1, 0.15) is 29.0 Å². The summed E-state index contributed by atoms with van der Waals surface area (Å²) in [5.74, 6) is -0.697. The van der Waals surface area contributed by atoms with Gasteiger partial charge in [0.25, 0.3) is 0 Å². The van der Waals surface area contributed by atoms with Crippen molar-refractivity contribution in [2.24, 2.45) is 0 Å². The first kappa shape index (κ1) is 20.0. The Hall–Kier alpha value is -2.30. The second-order valence-electron chi connectivity index (χ2n) is 7.29. The Kier molecular flexibility index (Phi) is 4.96. The quantitative estimate of drug-likeness (QED) is 0.496. The molecule has 3 aromatic rings. The van der Waals surface area contributed by atoms with E-state index in [0.29, 0.717) is 5.56 Å². The molecule has 1 aliphatic heterocycles. The number of fused-ring (bicyclic) bond motifs is 2. The smallest absolute Gasteiger partial charge is 0.164 e. The molecule has 2 aliphatic rings. The molecule has 0 amide bonds. The summed E-state index contributed by atoms with van der Waals surface area (Å²) in [6, 6.07) is 5.62. The number of nitrogen functional groups attached to an aromatic ring is 1. The Morgan fingerprint density at radius 3 is 2.62 bits per heavy atom. The zero-order chi connectivity index (χ0) is 19.6. The van der Waals surface area contributed by atoms with Crippen molar-refractivity contribution < 1.29 is 24.4 Å². The van der Waals surface area contributed by atoms with Crippen molar-refractivity contribution >= 4 is 29.3 Å². The van der Waals surface area contributed by atoms with Crippen LogP contribution < -0.4 is 5.73 Å². The van der Waals surface area contributed by atoms with Gasteiger partial charge in [-0.05, 0) is 29.5 Å². The standard InChI is InChI=1S/C19H19FN4O4.ClH/c20-11-6-24(18-12(11)17(21)22-7-23-18)19-15(27)14(26)16(28-19)13(25)10-4-2-8-1-3-9(8)5-10;/h2,4-7,13-16,19,25-27H,1,3H2,(H2,21,22,23);1H/t13?,14-,15+,16-,19+;/m1./s1. The van der Waals surface area contributed by atoms with Gasteiger partial charge in [0.2, 0.25) is 0 Å².